The molecule has 0 N–H and O–H groups in total. The summed E-state index contributed by atoms with van der Waals surface area (Å²) in [6.07, 6.45) is 0.496. The molecule has 0 saturated heterocycles. The van der Waals surface area contributed by atoms with Crippen LogP contribution in [0, 0.1) is 33.5 Å². The van der Waals surface area contributed by atoms with Crippen molar-refractivity contribution in [3.8, 4) is 23.6 Å². The largest absolute Gasteiger partial charge is 0.493 e. The fraction of sp³-hybridized carbons (Fsp3) is 0.600. The summed E-state index contributed by atoms with van der Waals surface area (Å²) < 4.78 is 11.9. The predicted molar refractivity (Wildman–Crippen MR) is 95.0 cm³/mol. The van der Waals surface area contributed by atoms with E-state index < -0.39 is 0 Å². The summed E-state index contributed by atoms with van der Waals surface area (Å²) in [5, 5.41) is 18.2. The van der Waals surface area contributed by atoms with Gasteiger partial charge < -0.3 is 9.47 Å². The summed E-state index contributed by atoms with van der Waals surface area (Å²) in [6.45, 7) is 13.6. The molecule has 0 aliphatic rings. The Morgan fingerprint density at radius 3 is 1.33 bits per heavy atom. The lowest BCUT2D eigenvalue weighted by Crippen LogP contribution is -2.19. The summed E-state index contributed by atoms with van der Waals surface area (Å²) in [7, 11) is 0. The lowest BCUT2D eigenvalue weighted by Gasteiger charge is -2.23. The Kier molecular flexibility index (Phi) is 6.67. The second kappa shape index (κ2) is 8.06. The summed E-state index contributed by atoms with van der Waals surface area (Å²) in [5.74, 6) is 1.33. The van der Waals surface area contributed by atoms with E-state index in [0.717, 1.165) is 11.1 Å². The highest BCUT2D eigenvalue weighted by Crippen LogP contribution is 2.32. The van der Waals surface area contributed by atoms with Gasteiger partial charge in [-0.05, 0) is 23.0 Å². The molecule has 1 aromatic rings. The highest BCUT2D eigenvalue weighted by molar-refractivity contribution is 5.48. The molecule has 0 amide bonds. The van der Waals surface area contributed by atoms with Gasteiger partial charge in [0.05, 0.1) is 38.2 Å². The zero-order chi connectivity index (χ0) is 18.4. The van der Waals surface area contributed by atoms with E-state index in [0.29, 0.717) is 24.7 Å². The smallest absolute Gasteiger partial charge is 0.124 e. The van der Waals surface area contributed by atoms with Crippen molar-refractivity contribution < 1.29 is 9.47 Å². The molecule has 0 aliphatic carbocycles. The summed E-state index contributed by atoms with van der Waals surface area (Å²) in [5.41, 5.74) is 1.63. The summed E-state index contributed by atoms with van der Waals surface area (Å²) in [4.78, 5) is 0. The van der Waals surface area contributed by atoms with Gasteiger partial charge in [-0.1, -0.05) is 41.5 Å². The van der Waals surface area contributed by atoms with Gasteiger partial charge in [-0.2, -0.15) is 10.5 Å². The first-order valence-corrected chi connectivity index (χ1v) is 8.21. The lowest BCUT2D eigenvalue weighted by atomic mass is 9.98. The number of hydrogen-bond acceptors (Lipinski definition) is 4. The number of nitrogens with zero attached hydrogens (tertiary/aromatic N) is 2. The summed E-state index contributed by atoms with van der Waals surface area (Å²) >= 11 is 0. The molecule has 0 atom stereocenters. The Hall–Kier alpha value is -2.20. The molecule has 24 heavy (non-hydrogen) atoms. The van der Waals surface area contributed by atoms with Crippen molar-refractivity contribution in [2.75, 3.05) is 13.2 Å². The van der Waals surface area contributed by atoms with Gasteiger partial charge in [-0.15, -0.1) is 0 Å². The van der Waals surface area contributed by atoms with E-state index in [4.69, 9.17) is 20.0 Å². The molecule has 4 heteroatoms. The Labute approximate surface area is 146 Å². The SMILES string of the molecule is CC(C)(C)COc1cc(CC#N)c(OCC(C)(C)C)cc1CC#N. The van der Waals surface area contributed by atoms with Gasteiger partial charge in [0, 0.05) is 11.1 Å². The van der Waals surface area contributed by atoms with Gasteiger partial charge in [0.2, 0.25) is 0 Å². The van der Waals surface area contributed by atoms with Crippen LogP contribution in [0.15, 0.2) is 12.1 Å². The van der Waals surface area contributed by atoms with E-state index >= 15 is 0 Å². The first-order valence-electron chi connectivity index (χ1n) is 8.21. The minimum absolute atomic E-state index is 0.0146. The minimum atomic E-state index is 0.0146. The molecular formula is C20H28N2O2. The Bertz CT molecular complexity index is 580. The standard InChI is InChI=1S/C20H28N2O2/c1-19(2,3)13-23-17-11-16(8-10-22)18(12-15(17)7-9-21)24-14-20(4,5)6/h11-12H,7-8,13-14H2,1-6H3. The van der Waals surface area contributed by atoms with Crippen molar-refractivity contribution in [2.24, 2.45) is 10.8 Å². The number of rotatable bonds is 6. The van der Waals surface area contributed by atoms with Crippen LogP contribution in [0.3, 0.4) is 0 Å². The van der Waals surface area contributed by atoms with Crippen LogP contribution in [0.5, 0.6) is 11.5 Å². The van der Waals surface area contributed by atoms with Crippen LogP contribution in [0.25, 0.3) is 0 Å². The van der Waals surface area contributed by atoms with Gasteiger partial charge in [0.15, 0.2) is 0 Å². The molecule has 0 saturated carbocycles. The first-order chi connectivity index (χ1) is 11.1. The van der Waals surface area contributed by atoms with E-state index in [1.807, 2.05) is 12.1 Å². The minimum Gasteiger partial charge on any atom is -0.493 e. The average molecular weight is 328 g/mol. The van der Waals surface area contributed by atoms with Crippen LogP contribution in [0.1, 0.15) is 52.7 Å². The fourth-order valence-corrected chi connectivity index (χ4v) is 1.95. The van der Waals surface area contributed by atoms with Crippen molar-refractivity contribution in [3.05, 3.63) is 23.3 Å². The van der Waals surface area contributed by atoms with Gasteiger partial charge in [0.1, 0.15) is 11.5 Å². The molecule has 0 heterocycles. The van der Waals surface area contributed by atoms with Crippen molar-refractivity contribution in [2.45, 2.75) is 54.4 Å². The maximum Gasteiger partial charge on any atom is 0.124 e. The molecular weight excluding hydrogens is 300 g/mol. The number of nitriles is 2. The molecule has 0 bridgehead atoms. The molecule has 130 valence electrons. The molecule has 4 nitrogen and oxygen atoms in total. The topological polar surface area (TPSA) is 66.0 Å². The van der Waals surface area contributed by atoms with Gasteiger partial charge in [0.25, 0.3) is 0 Å². The van der Waals surface area contributed by atoms with Crippen molar-refractivity contribution in [1.82, 2.24) is 0 Å². The maximum atomic E-state index is 9.10. The highest BCUT2D eigenvalue weighted by atomic mass is 16.5. The molecule has 0 aromatic heterocycles. The van der Waals surface area contributed by atoms with Crippen LogP contribution in [0.4, 0.5) is 0 Å². The van der Waals surface area contributed by atoms with Crippen LogP contribution >= 0.6 is 0 Å². The number of ether oxygens (including phenoxy) is 2. The quantitative estimate of drug-likeness (QED) is 0.761. The molecule has 1 rings (SSSR count). The van der Waals surface area contributed by atoms with Crippen LogP contribution in [-0.2, 0) is 12.8 Å². The molecule has 0 radical (unpaired) electrons. The average Bonchev–Trinajstić information content (AvgIpc) is 2.44. The van der Waals surface area contributed by atoms with Gasteiger partial charge in [-0.3, -0.25) is 0 Å². The molecule has 0 aliphatic heterocycles. The molecule has 0 fully saturated rings. The monoisotopic (exact) mass is 328 g/mol. The van der Waals surface area contributed by atoms with Crippen molar-refractivity contribution in [3.63, 3.8) is 0 Å². The van der Waals surface area contributed by atoms with Crippen LogP contribution in [0.2, 0.25) is 0 Å². The van der Waals surface area contributed by atoms with E-state index in [-0.39, 0.29) is 23.7 Å². The van der Waals surface area contributed by atoms with Crippen molar-refractivity contribution >= 4 is 0 Å². The zero-order valence-corrected chi connectivity index (χ0v) is 15.7. The van der Waals surface area contributed by atoms with Crippen molar-refractivity contribution in [1.29, 1.82) is 10.5 Å². The number of benzene rings is 1. The lowest BCUT2D eigenvalue weighted by molar-refractivity contribution is 0.191. The van der Waals surface area contributed by atoms with E-state index in [1.54, 1.807) is 0 Å². The third-order valence-electron chi connectivity index (χ3n) is 3.10. The Morgan fingerprint density at radius 2 is 1.08 bits per heavy atom. The van der Waals surface area contributed by atoms with Gasteiger partial charge >= 0.3 is 0 Å². The van der Waals surface area contributed by atoms with Crippen LogP contribution < -0.4 is 9.47 Å². The zero-order valence-electron chi connectivity index (χ0n) is 15.7. The summed E-state index contributed by atoms with van der Waals surface area (Å²) in [6, 6.07) is 8.04. The predicted octanol–water partition coefficient (Wildman–Crippen LogP) is 4.67. The molecule has 0 spiro atoms. The highest BCUT2D eigenvalue weighted by Gasteiger charge is 2.18. The maximum absolute atomic E-state index is 9.10. The normalized spacial score (nSPS) is 11.5. The second-order valence-corrected chi connectivity index (χ2v) is 8.44. The molecule has 0 unspecified atom stereocenters. The third-order valence-corrected chi connectivity index (χ3v) is 3.10. The van der Waals surface area contributed by atoms with E-state index in [1.165, 1.54) is 0 Å². The van der Waals surface area contributed by atoms with E-state index in [9.17, 15) is 0 Å². The Morgan fingerprint density at radius 1 is 0.750 bits per heavy atom. The molecule has 1 aromatic carbocycles. The number of hydrogen-bond donors (Lipinski definition) is 0. The fourth-order valence-electron chi connectivity index (χ4n) is 1.95. The third kappa shape index (κ3) is 6.92. The second-order valence-electron chi connectivity index (χ2n) is 8.44. The van der Waals surface area contributed by atoms with Crippen LogP contribution in [-0.4, -0.2) is 13.2 Å². The van der Waals surface area contributed by atoms with E-state index in [2.05, 4.69) is 53.7 Å². The Balaban J connectivity index is 3.18. The first kappa shape index (κ1) is 19.8. The van der Waals surface area contributed by atoms with Gasteiger partial charge in [-0.25, -0.2) is 0 Å².